The molecule has 1 amide bonds. The van der Waals surface area contributed by atoms with Crippen LogP contribution in [0.2, 0.25) is 0 Å². The average molecular weight is 340 g/mol. The van der Waals surface area contributed by atoms with Crippen molar-refractivity contribution in [3.63, 3.8) is 0 Å². The third kappa shape index (κ3) is 4.05. The Balaban J connectivity index is 2.08. The van der Waals surface area contributed by atoms with Gasteiger partial charge in [0.05, 0.1) is 19.6 Å². The van der Waals surface area contributed by atoms with Gasteiger partial charge in [-0.15, -0.1) is 11.3 Å². The summed E-state index contributed by atoms with van der Waals surface area (Å²) in [5.41, 5.74) is 0.741. The van der Waals surface area contributed by atoms with Crippen LogP contribution >= 0.6 is 22.7 Å². The van der Waals surface area contributed by atoms with E-state index in [2.05, 4.69) is 10.1 Å². The number of ether oxygens (including phenoxy) is 1. The second-order valence-corrected chi connectivity index (χ2v) is 6.44. The van der Waals surface area contributed by atoms with E-state index in [1.165, 1.54) is 23.0 Å². The minimum absolute atomic E-state index is 0.0558. The van der Waals surface area contributed by atoms with E-state index in [9.17, 15) is 14.4 Å². The predicted octanol–water partition coefficient (Wildman–Crippen LogP) is 1.70. The summed E-state index contributed by atoms with van der Waals surface area (Å²) < 4.78 is 6.07. The van der Waals surface area contributed by atoms with Crippen molar-refractivity contribution in [3.05, 3.63) is 43.1 Å². The molecule has 0 radical (unpaired) electrons. The van der Waals surface area contributed by atoms with E-state index in [1.54, 1.807) is 12.3 Å². The molecule has 2 rings (SSSR count). The van der Waals surface area contributed by atoms with Crippen LogP contribution in [0, 0.1) is 6.92 Å². The van der Waals surface area contributed by atoms with Crippen molar-refractivity contribution in [2.24, 2.45) is 0 Å². The van der Waals surface area contributed by atoms with Crippen molar-refractivity contribution in [1.82, 2.24) is 9.88 Å². The highest BCUT2D eigenvalue weighted by Gasteiger charge is 2.20. The van der Waals surface area contributed by atoms with Gasteiger partial charge in [-0.05, 0) is 18.4 Å². The van der Waals surface area contributed by atoms with Crippen molar-refractivity contribution in [3.8, 4) is 0 Å². The molecule has 118 valence electrons. The fourth-order valence-electron chi connectivity index (χ4n) is 1.94. The number of methoxy groups -OCH3 is 1. The van der Waals surface area contributed by atoms with Gasteiger partial charge in [-0.1, -0.05) is 17.4 Å². The van der Waals surface area contributed by atoms with Crippen molar-refractivity contribution in [1.29, 1.82) is 0 Å². The quantitative estimate of drug-likeness (QED) is 0.812. The molecule has 22 heavy (non-hydrogen) atoms. The molecule has 0 bridgehead atoms. The van der Waals surface area contributed by atoms with Crippen LogP contribution in [0.15, 0.2) is 27.7 Å². The standard InChI is InChI=1S/C14H16N2O4S2/c1-9-8-22-14(19)16(9)7-12(17)15-10(6-13(18)20-2)11-4-3-5-21-11/h3-5,8,10H,6-7H2,1-2H3,(H,15,17). The Hall–Kier alpha value is -1.93. The molecule has 0 aliphatic heterocycles. The molecule has 2 heterocycles. The largest absolute Gasteiger partial charge is 0.469 e. The molecule has 6 nitrogen and oxygen atoms in total. The molecular weight excluding hydrogens is 324 g/mol. The molecule has 0 saturated heterocycles. The minimum Gasteiger partial charge on any atom is -0.469 e. The number of hydrogen-bond donors (Lipinski definition) is 1. The monoisotopic (exact) mass is 340 g/mol. The van der Waals surface area contributed by atoms with Gasteiger partial charge in [0.2, 0.25) is 5.91 Å². The molecule has 1 unspecified atom stereocenters. The Bertz CT molecular complexity index is 703. The van der Waals surface area contributed by atoms with Crippen molar-refractivity contribution in [2.45, 2.75) is 25.9 Å². The molecular formula is C14H16N2O4S2. The molecule has 8 heteroatoms. The zero-order chi connectivity index (χ0) is 16.1. The van der Waals surface area contributed by atoms with E-state index in [0.717, 1.165) is 21.9 Å². The van der Waals surface area contributed by atoms with Crippen LogP contribution in [-0.2, 0) is 20.9 Å². The van der Waals surface area contributed by atoms with Crippen molar-refractivity contribution >= 4 is 34.6 Å². The van der Waals surface area contributed by atoms with Crippen LogP contribution in [0.3, 0.4) is 0 Å². The summed E-state index contributed by atoms with van der Waals surface area (Å²) in [5, 5.41) is 6.38. The summed E-state index contributed by atoms with van der Waals surface area (Å²) in [4.78, 5) is 36.0. The number of carbonyl (C=O) groups is 2. The summed E-state index contributed by atoms with van der Waals surface area (Å²) in [5.74, 6) is -0.714. The number of hydrogen-bond acceptors (Lipinski definition) is 6. The SMILES string of the molecule is COC(=O)CC(NC(=O)Cn1c(C)csc1=O)c1cccs1. The van der Waals surface area contributed by atoms with E-state index >= 15 is 0 Å². The highest BCUT2D eigenvalue weighted by Crippen LogP contribution is 2.22. The fraction of sp³-hybridized carbons (Fsp3) is 0.357. The molecule has 0 fully saturated rings. The topological polar surface area (TPSA) is 77.4 Å². The van der Waals surface area contributed by atoms with E-state index in [1.807, 2.05) is 17.5 Å². The third-order valence-electron chi connectivity index (χ3n) is 3.10. The number of esters is 1. The van der Waals surface area contributed by atoms with Crippen LogP contribution in [0.5, 0.6) is 0 Å². The van der Waals surface area contributed by atoms with E-state index in [4.69, 9.17) is 0 Å². The highest BCUT2D eigenvalue weighted by molar-refractivity contribution is 7.10. The Morgan fingerprint density at radius 1 is 1.41 bits per heavy atom. The predicted molar refractivity (Wildman–Crippen MR) is 85.2 cm³/mol. The third-order valence-corrected chi connectivity index (χ3v) is 4.97. The summed E-state index contributed by atoms with van der Waals surface area (Å²) in [6, 6.07) is 3.25. The molecule has 0 saturated carbocycles. The van der Waals surface area contributed by atoms with Gasteiger partial charge in [0.1, 0.15) is 6.54 Å². The number of aromatic nitrogens is 1. The van der Waals surface area contributed by atoms with Gasteiger partial charge in [-0.2, -0.15) is 0 Å². The summed E-state index contributed by atoms with van der Waals surface area (Å²) in [6.07, 6.45) is 0.0558. The maximum Gasteiger partial charge on any atom is 0.307 e. The number of nitrogens with one attached hydrogen (secondary N) is 1. The maximum atomic E-state index is 12.2. The van der Waals surface area contributed by atoms with E-state index < -0.39 is 12.0 Å². The zero-order valence-corrected chi connectivity index (χ0v) is 13.8. The van der Waals surface area contributed by atoms with Gasteiger partial charge in [0.25, 0.3) is 0 Å². The fourth-order valence-corrected chi connectivity index (χ4v) is 3.45. The normalized spacial score (nSPS) is 11.9. The maximum absolute atomic E-state index is 12.2. The van der Waals surface area contributed by atoms with Gasteiger partial charge in [-0.25, -0.2) is 0 Å². The van der Waals surface area contributed by atoms with Crippen LogP contribution in [0.1, 0.15) is 23.0 Å². The van der Waals surface area contributed by atoms with E-state index in [-0.39, 0.29) is 23.7 Å². The first-order valence-electron chi connectivity index (χ1n) is 6.55. The number of thiophene rings is 1. The first-order valence-corrected chi connectivity index (χ1v) is 8.31. The molecule has 0 aliphatic carbocycles. The lowest BCUT2D eigenvalue weighted by Gasteiger charge is -2.16. The Labute approximate surface area is 135 Å². The molecule has 2 aromatic rings. The van der Waals surface area contributed by atoms with Gasteiger partial charge in [0, 0.05) is 16.0 Å². The molecule has 0 aliphatic rings. The molecule has 1 atom stereocenters. The Kier molecular flexibility index (Phi) is 5.51. The van der Waals surface area contributed by atoms with E-state index in [0.29, 0.717) is 0 Å². The lowest BCUT2D eigenvalue weighted by Crippen LogP contribution is -2.34. The molecule has 2 aromatic heterocycles. The number of rotatable bonds is 6. The number of thiazole rings is 1. The van der Waals surface area contributed by atoms with Gasteiger partial charge < -0.3 is 10.1 Å². The highest BCUT2D eigenvalue weighted by atomic mass is 32.1. The van der Waals surface area contributed by atoms with Crippen molar-refractivity contribution in [2.75, 3.05) is 7.11 Å². The lowest BCUT2D eigenvalue weighted by atomic mass is 10.1. The smallest absolute Gasteiger partial charge is 0.307 e. The number of carbonyl (C=O) groups excluding carboxylic acids is 2. The second kappa shape index (κ2) is 7.37. The second-order valence-electron chi connectivity index (χ2n) is 4.64. The first kappa shape index (κ1) is 16.4. The summed E-state index contributed by atoms with van der Waals surface area (Å²) >= 11 is 2.51. The van der Waals surface area contributed by atoms with Gasteiger partial charge >= 0.3 is 10.8 Å². The molecule has 0 aromatic carbocycles. The van der Waals surface area contributed by atoms with Gasteiger partial charge in [0.15, 0.2) is 0 Å². The molecule has 0 spiro atoms. The van der Waals surface area contributed by atoms with Crippen LogP contribution in [0.25, 0.3) is 0 Å². The molecule has 1 N–H and O–H groups in total. The zero-order valence-electron chi connectivity index (χ0n) is 12.2. The minimum atomic E-state index is -0.449. The average Bonchev–Trinajstić information content (AvgIpc) is 3.12. The number of aryl methyl sites for hydroxylation is 1. The van der Waals surface area contributed by atoms with Crippen LogP contribution in [-0.4, -0.2) is 23.6 Å². The Morgan fingerprint density at radius 3 is 2.73 bits per heavy atom. The lowest BCUT2D eigenvalue weighted by molar-refractivity contribution is -0.141. The van der Waals surface area contributed by atoms with Crippen molar-refractivity contribution < 1.29 is 14.3 Å². The number of amides is 1. The van der Waals surface area contributed by atoms with Crippen LogP contribution in [0.4, 0.5) is 0 Å². The van der Waals surface area contributed by atoms with Gasteiger partial charge in [-0.3, -0.25) is 19.0 Å². The number of nitrogens with zero attached hydrogens (tertiary/aromatic N) is 1. The summed E-state index contributed by atoms with van der Waals surface area (Å²) in [6.45, 7) is 1.72. The summed E-state index contributed by atoms with van der Waals surface area (Å²) in [7, 11) is 1.31. The first-order chi connectivity index (χ1) is 10.5. The Morgan fingerprint density at radius 2 is 2.18 bits per heavy atom. The van der Waals surface area contributed by atoms with Crippen LogP contribution < -0.4 is 10.2 Å².